The second-order valence-electron chi connectivity index (χ2n) is 3.90. The number of nitrogens with two attached hydrogens (primary N) is 1. The number of benzene rings is 1. The first-order chi connectivity index (χ1) is 7.88. The first-order valence-corrected chi connectivity index (χ1v) is 6.86. The maximum Gasteiger partial charge on any atom is 0.175 e. The van der Waals surface area contributed by atoms with Gasteiger partial charge in [0.15, 0.2) is 9.84 Å². The average Bonchev–Trinajstić information content (AvgIpc) is 2.57. The van der Waals surface area contributed by atoms with E-state index in [1.54, 1.807) is 42.2 Å². The molecule has 1 aromatic carbocycles. The monoisotopic (exact) mass is 251 g/mol. The summed E-state index contributed by atoms with van der Waals surface area (Å²) in [5, 5.41) is 4.21. The van der Waals surface area contributed by atoms with Crippen LogP contribution in [0.25, 0.3) is 11.3 Å². The first-order valence-electron chi connectivity index (χ1n) is 4.97. The van der Waals surface area contributed by atoms with Gasteiger partial charge in [0.2, 0.25) is 0 Å². The predicted molar refractivity (Wildman–Crippen MR) is 66.2 cm³/mol. The second-order valence-corrected chi connectivity index (χ2v) is 5.92. The zero-order valence-electron chi connectivity index (χ0n) is 9.58. The van der Waals surface area contributed by atoms with Crippen LogP contribution in [0.4, 0.5) is 5.69 Å². The Hall–Kier alpha value is -1.82. The van der Waals surface area contributed by atoms with Crippen LogP contribution in [0.3, 0.4) is 0 Å². The normalized spacial score (nSPS) is 11.6. The van der Waals surface area contributed by atoms with Gasteiger partial charge in [0.05, 0.1) is 10.6 Å². The van der Waals surface area contributed by atoms with Gasteiger partial charge >= 0.3 is 0 Å². The van der Waals surface area contributed by atoms with E-state index in [0.717, 1.165) is 5.56 Å². The number of nitrogen functional groups attached to an aromatic ring is 1. The molecule has 17 heavy (non-hydrogen) atoms. The number of aryl methyl sites for hydroxylation is 1. The summed E-state index contributed by atoms with van der Waals surface area (Å²) in [7, 11) is -1.38. The maximum atomic E-state index is 11.3. The molecular formula is C11H13N3O2S. The zero-order valence-corrected chi connectivity index (χ0v) is 10.4. The van der Waals surface area contributed by atoms with Gasteiger partial charge in [0, 0.05) is 25.1 Å². The molecule has 0 bridgehead atoms. The molecule has 0 aliphatic rings. The minimum Gasteiger partial charge on any atom is -0.396 e. The molecule has 2 aromatic rings. The Kier molecular flexibility index (Phi) is 2.66. The van der Waals surface area contributed by atoms with Crippen molar-refractivity contribution in [3.63, 3.8) is 0 Å². The van der Waals surface area contributed by atoms with Crippen molar-refractivity contribution in [1.82, 2.24) is 9.78 Å². The maximum absolute atomic E-state index is 11.3. The fourth-order valence-electron chi connectivity index (χ4n) is 1.59. The number of nitrogens with zero attached hydrogens (tertiary/aromatic N) is 2. The van der Waals surface area contributed by atoms with Gasteiger partial charge in [-0.2, -0.15) is 5.10 Å². The van der Waals surface area contributed by atoms with Crippen molar-refractivity contribution in [3.8, 4) is 11.3 Å². The Labute approximate surface area is 99.8 Å². The summed E-state index contributed by atoms with van der Waals surface area (Å²) in [6, 6.07) is 6.52. The van der Waals surface area contributed by atoms with Gasteiger partial charge in [0.25, 0.3) is 0 Å². The van der Waals surface area contributed by atoms with E-state index >= 15 is 0 Å². The van der Waals surface area contributed by atoms with Crippen molar-refractivity contribution in [1.29, 1.82) is 0 Å². The topological polar surface area (TPSA) is 78.0 Å². The smallest absolute Gasteiger partial charge is 0.175 e. The van der Waals surface area contributed by atoms with Crippen molar-refractivity contribution in [3.05, 3.63) is 30.5 Å². The molecule has 1 aromatic heterocycles. The second kappa shape index (κ2) is 3.89. The Balaban J connectivity index is 2.46. The Morgan fingerprint density at radius 3 is 2.24 bits per heavy atom. The molecule has 2 rings (SSSR count). The Morgan fingerprint density at radius 2 is 1.82 bits per heavy atom. The van der Waals surface area contributed by atoms with Crippen LogP contribution in [0, 0.1) is 0 Å². The molecule has 0 spiro atoms. The summed E-state index contributed by atoms with van der Waals surface area (Å²) < 4.78 is 24.2. The molecule has 0 radical (unpaired) electrons. The van der Waals surface area contributed by atoms with E-state index in [9.17, 15) is 8.42 Å². The van der Waals surface area contributed by atoms with E-state index in [4.69, 9.17) is 5.73 Å². The van der Waals surface area contributed by atoms with Crippen molar-refractivity contribution in [2.45, 2.75) is 4.90 Å². The molecule has 0 atom stereocenters. The standard InChI is InChI=1S/C11H13N3O2S/c1-14-7-10(12)11(13-14)8-3-5-9(6-4-8)17(2,15)16/h3-7H,12H2,1-2H3. The number of aromatic nitrogens is 2. The van der Waals surface area contributed by atoms with Gasteiger partial charge in [-0.05, 0) is 12.1 Å². The SMILES string of the molecule is Cn1cc(N)c(-c2ccc(S(C)(=O)=O)cc2)n1. The minimum atomic E-state index is -3.16. The minimum absolute atomic E-state index is 0.288. The molecule has 6 heteroatoms. The fourth-order valence-corrected chi connectivity index (χ4v) is 2.22. The number of anilines is 1. The average molecular weight is 251 g/mol. The summed E-state index contributed by atoms with van der Waals surface area (Å²) in [5.41, 5.74) is 7.83. The van der Waals surface area contributed by atoms with Crippen LogP contribution in [0.5, 0.6) is 0 Å². The van der Waals surface area contributed by atoms with Gasteiger partial charge in [0.1, 0.15) is 5.69 Å². The summed E-state index contributed by atoms with van der Waals surface area (Å²) in [6.45, 7) is 0. The van der Waals surface area contributed by atoms with E-state index < -0.39 is 9.84 Å². The van der Waals surface area contributed by atoms with Gasteiger partial charge in [-0.1, -0.05) is 12.1 Å². The molecule has 0 aliphatic carbocycles. The fraction of sp³-hybridized carbons (Fsp3) is 0.182. The van der Waals surface area contributed by atoms with Crippen LogP contribution in [0.15, 0.2) is 35.4 Å². The predicted octanol–water partition coefficient (Wildman–Crippen LogP) is 1.07. The van der Waals surface area contributed by atoms with E-state index in [1.165, 1.54) is 6.26 Å². The number of rotatable bonds is 2. The molecule has 1 heterocycles. The molecule has 0 saturated carbocycles. The van der Waals surface area contributed by atoms with Crippen molar-refractivity contribution < 1.29 is 8.42 Å². The van der Waals surface area contributed by atoms with Crippen LogP contribution in [0.1, 0.15) is 0 Å². The summed E-state index contributed by atoms with van der Waals surface area (Å²) in [5.74, 6) is 0. The highest BCUT2D eigenvalue weighted by atomic mass is 32.2. The summed E-state index contributed by atoms with van der Waals surface area (Å²) in [4.78, 5) is 0.288. The zero-order chi connectivity index (χ0) is 12.6. The lowest BCUT2D eigenvalue weighted by Gasteiger charge is -2.01. The van der Waals surface area contributed by atoms with Gasteiger partial charge in [-0.3, -0.25) is 4.68 Å². The van der Waals surface area contributed by atoms with Crippen molar-refractivity contribution in [2.75, 3.05) is 12.0 Å². The first kappa shape index (κ1) is 11.7. The lowest BCUT2D eigenvalue weighted by Crippen LogP contribution is -1.96. The van der Waals surface area contributed by atoms with Crippen molar-refractivity contribution in [2.24, 2.45) is 7.05 Å². The van der Waals surface area contributed by atoms with Crippen LogP contribution in [-0.2, 0) is 16.9 Å². The van der Waals surface area contributed by atoms with Crippen LogP contribution >= 0.6 is 0 Å². The Morgan fingerprint density at radius 1 is 1.24 bits per heavy atom. The third-order valence-electron chi connectivity index (χ3n) is 2.41. The molecule has 90 valence electrons. The van der Waals surface area contributed by atoms with E-state index in [1.807, 2.05) is 0 Å². The van der Waals surface area contributed by atoms with Gasteiger partial charge < -0.3 is 5.73 Å². The van der Waals surface area contributed by atoms with E-state index in [2.05, 4.69) is 5.10 Å². The van der Waals surface area contributed by atoms with E-state index in [-0.39, 0.29) is 4.90 Å². The molecular weight excluding hydrogens is 238 g/mol. The van der Waals surface area contributed by atoms with Crippen LogP contribution in [0.2, 0.25) is 0 Å². The third kappa shape index (κ3) is 2.31. The number of hydrogen-bond donors (Lipinski definition) is 1. The Bertz CT molecular complexity index is 642. The summed E-state index contributed by atoms with van der Waals surface area (Å²) >= 11 is 0. The van der Waals surface area contributed by atoms with Gasteiger partial charge in [-0.25, -0.2) is 8.42 Å². The third-order valence-corrected chi connectivity index (χ3v) is 3.54. The highest BCUT2D eigenvalue weighted by Gasteiger charge is 2.10. The summed E-state index contributed by atoms with van der Waals surface area (Å²) in [6.07, 6.45) is 2.89. The molecule has 0 aliphatic heterocycles. The highest BCUT2D eigenvalue weighted by Crippen LogP contribution is 2.24. The van der Waals surface area contributed by atoms with Gasteiger partial charge in [-0.15, -0.1) is 0 Å². The van der Waals surface area contributed by atoms with Crippen molar-refractivity contribution >= 4 is 15.5 Å². The molecule has 0 fully saturated rings. The quantitative estimate of drug-likeness (QED) is 0.866. The highest BCUT2D eigenvalue weighted by molar-refractivity contribution is 7.90. The molecule has 0 unspecified atom stereocenters. The van der Waals surface area contributed by atoms with Crippen LogP contribution in [-0.4, -0.2) is 24.5 Å². The van der Waals surface area contributed by atoms with E-state index in [0.29, 0.717) is 11.4 Å². The molecule has 0 saturated heterocycles. The molecule has 0 amide bonds. The lowest BCUT2D eigenvalue weighted by molar-refractivity contribution is 0.602. The number of sulfone groups is 1. The largest absolute Gasteiger partial charge is 0.396 e. The van der Waals surface area contributed by atoms with Crippen LogP contribution < -0.4 is 5.73 Å². The molecule has 2 N–H and O–H groups in total. The lowest BCUT2D eigenvalue weighted by atomic mass is 10.1. The molecule has 5 nitrogen and oxygen atoms in total. The number of hydrogen-bond acceptors (Lipinski definition) is 4.